The average Bonchev–Trinajstić information content (AvgIpc) is 2.65. The van der Waals surface area contributed by atoms with Crippen LogP contribution in [-0.4, -0.2) is 46.7 Å². The van der Waals surface area contributed by atoms with Crippen LogP contribution in [0.4, 0.5) is 16.2 Å². The lowest BCUT2D eigenvalue weighted by Crippen LogP contribution is -2.31. The van der Waals surface area contributed by atoms with Gasteiger partial charge in [-0.05, 0) is 11.6 Å². The van der Waals surface area contributed by atoms with Crippen molar-refractivity contribution in [3.63, 3.8) is 0 Å². The van der Waals surface area contributed by atoms with Crippen LogP contribution in [-0.2, 0) is 16.1 Å². The van der Waals surface area contributed by atoms with Crippen LogP contribution in [0.25, 0.3) is 0 Å². The predicted octanol–water partition coefficient (Wildman–Crippen LogP) is 0.557. The van der Waals surface area contributed by atoms with Gasteiger partial charge in [0.15, 0.2) is 0 Å². The van der Waals surface area contributed by atoms with Crippen molar-refractivity contribution in [3.8, 4) is 0 Å². The lowest BCUT2D eigenvalue weighted by Gasteiger charge is -2.13. The summed E-state index contributed by atoms with van der Waals surface area (Å²) < 4.78 is 0. The molecule has 21 heavy (non-hydrogen) atoms. The molecule has 0 bridgehead atoms. The van der Waals surface area contributed by atoms with Gasteiger partial charge in [0, 0.05) is 20.2 Å². The number of likely N-dealkylation sites (N-methyl/N-ethyl adjacent to an activating group) is 1. The molecule has 2 rings (SSSR count). The third-order valence-corrected chi connectivity index (χ3v) is 3.12. The number of rotatable bonds is 4. The molecule has 1 heterocycles. The third-order valence-electron chi connectivity index (χ3n) is 3.12. The van der Waals surface area contributed by atoms with Crippen LogP contribution in [0.5, 0.6) is 0 Å². The Hall–Kier alpha value is -2.97. The number of hydrogen-bond donors (Lipinski definition) is 1. The van der Waals surface area contributed by atoms with Crippen molar-refractivity contribution in [2.75, 3.05) is 19.4 Å². The molecule has 0 saturated carbocycles. The first-order valence-corrected chi connectivity index (χ1v) is 5.95. The highest BCUT2D eigenvalue weighted by atomic mass is 16.6. The van der Waals surface area contributed by atoms with Crippen LogP contribution in [0.1, 0.15) is 5.56 Å². The fourth-order valence-electron chi connectivity index (χ4n) is 1.97. The second-order valence-corrected chi connectivity index (χ2v) is 4.40. The van der Waals surface area contributed by atoms with Crippen LogP contribution in [0.15, 0.2) is 18.2 Å². The minimum atomic E-state index is -0.942. The SMILES string of the molecule is CNc1ccc(CN2C(=O)C(=O)N(C)C2=O)cc1[N+](=O)[O-]. The van der Waals surface area contributed by atoms with E-state index in [9.17, 15) is 24.5 Å². The molecule has 9 heteroatoms. The summed E-state index contributed by atoms with van der Waals surface area (Å²) in [6.45, 7) is -0.196. The topological polar surface area (TPSA) is 113 Å². The number of nitrogens with one attached hydrogen (secondary N) is 1. The van der Waals surface area contributed by atoms with Crippen molar-refractivity contribution in [1.82, 2.24) is 9.80 Å². The van der Waals surface area contributed by atoms with Crippen molar-refractivity contribution in [3.05, 3.63) is 33.9 Å². The number of nitrogens with zero attached hydrogens (tertiary/aromatic N) is 3. The van der Waals surface area contributed by atoms with Crippen LogP contribution in [0.2, 0.25) is 0 Å². The van der Waals surface area contributed by atoms with Crippen LogP contribution < -0.4 is 5.32 Å². The molecule has 0 atom stereocenters. The highest BCUT2D eigenvalue weighted by Gasteiger charge is 2.42. The van der Waals surface area contributed by atoms with Crippen molar-refractivity contribution in [2.45, 2.75) is 6.54 Å². The van der Waals surface area contributed by atoms with Gasteiger partial charge in [0.25, 0.3) is 5.69 Å². The second-order valence-electron chi connectivity index (χ2n) is 4.40. The van der Waals surface area contributed by atoms with E-state index in [0.717, 1.165) is 4.90 Å². The summed E-state index contributed by atoms with van der Waals surface area (Å²) in [6, 6.07) is 3.53. The summed E-state index contributed by atoms with van der Waals surface area (Å²) in [5, 5.41) is 13.6. The minimum Gasteiger partial charge on any atom is -0.383 e. The van der Waals surface area contributed by atoms with Gasteiger partial charge in [-0.1, -0.05) is 6.07 Å². The van der Waals surface area contributed by atoms with Gasteiger partial charge in [-0.25, -0.2) is 4.79 Å². The first-order valence-electron chi connectivity index (χ1n) is 5.95. The van der Waals surface area contributed by atoms with E-state index < -0.39 is 22.8 Å². The maximum atomic E-state index is 11.7. The lowest BCUT2D eigenvalue weighted by atomic mass is 10.1. The summed E-state index contributed by atoms with van der Waals surface area (Å²) >= 11 is 0. The molecule has 4 amide bonds. The molecule has 1 aromatic carbocycles. The predicted molar refractivity (Wildman–Crippen MR) is 71.4 cm³/mol. The van der Waals surface area contributed by atoms with Crippen LogP contribution >= 0.6 is 0 Å². The second kappa shape index (κ2) is 5.19. The number of imide groups is 2. The molecule has 1 aromatic rings. The molecule has 110 valence electrons. The minimum absolute atomic E-state index is 0.172. The summed E-state index contributed by atoms with van der Waals surface area (Å²) in [5.74, 6) is -1.86. The molecule has 0 aliphatic carbocycles. The number of carbonyl (C=O) groups excluding carboxylic acids is 3. The highest BCUT2D eigenvalue weighted by molar-refractivity contribution is 6.44. The van der Waals surface area contributed by atoms with Crippen molar-refractivity contribution in [1.29, 1.82) is 0 Å². The first-order chi connectivity index (χ1) is 9.86. The number of urea groups is 1. The molecule has 1 aliphatic heterocycles. The van der Waals surface area contributed by atoms with Gasteiger partial charge in [-0.3, -0.25) is 29.5 Å². The summed E-state index contributed by atoms with van der Waals surface area (Å²) in [7, 11) is 2.75. The van der Waals surface area contributed by atoms with E-state index in [1.807, 2.05) is 0 Å². The quantitative estimate of drug-likeness (QED) is 0.375. The Morgan fingerprint density at radius 3 is 2.38 bits per heavy atom. The zero-order valence-electron chi connectivity index (χ0n) is 11.3. The van der Waals surface area contributed by atoms with Crippen molar-refractivity contribution in [2.24, 2.45) is 0 Å². The van der Waals surface area contributed by atoms with E-state index >= 15 is 0 Å². The molecule has 0 unspecified atom stereocenters. The van der Waals surface area contributed by atoms with Gasteiger partial charge in [0.05, 0.1) is 11.5 Å². The van der Waals surface area contributed by atoms with Gasteiger partial charge in [0.2, 0.25) is 0 Å². The van der Waals surface area contributed by atoms with E-state index in [1.165, 1.54) is 19.2 Å². The number of carbonyl (C=O) groups is 3. The monoisotopic (exact) mass is 292 g/mol. The number of hydrogen-bond acceptors (Lipinski definition) is 6. The molecule has 0 spiro atoms. The molecule has 0 radical (unpaired) electrons. The van der Waals surface area contributed by atoms with Gasteiger partial charge in [-0.2, -0.15) is 0 Å². The molecule has 1 saturated heterocycles. The van der Waals surface area contributed by atoms with E-state index in [2.05, 4.69) is 5.32 Å². The Morgan fingerprint density at radius 2 is 1.90 bits per heavy atom. The summed E-state index contributed by atoms with van der Waals surface area (Å²) in [6.07, 6.45) is 0. The van der Waals surface area contributed by atoms with Crippen molar-refractivity contribution < 1.29 is 19.3 Å². The fraction of sp³-hybridized carbons (Fsp3) is 0.250. The smallest absolute Gasteiger partial charge is 0.334 e. The molecule has 1 fully saturated rings. The lowest BCUT2D eigenvalue weighted by molar-refractivity contribution is -0.384. The number of anilines is 1. The van der Waals surface area contributed by atoms with E-state index in [4.69, 9.17) is 0 Å². The average molecular weight is 292 g/mol. The molecule has 1 aliphatic rings. The maximum absolute atomic E-state index is 11.7. The highest BCUT2D eigenvalue weighted by Crippen LogP contribution is 2.26. The number of nitro groups is 1. The molecule has 0 aromatic heterocycles. The third kappa shape index (κ3) is 2.40. The van der Waals surface area contributed by atoms with E-state index in [0.29, 0.717) is 16.2 Å². The number of nitro benzene ring substituents is 1. The van der Waals surface area contributed by atoms with E-state index in [1.54, 1.807) is 13.1 Å². The Labute approximate surface area is 119 Å². The summed E-state index contributed by atoms with van der Waals surface area (Å²) in [4.78, 5) is 46.6. The largest absolute Gasteiger partial charge is 0.383 e. The Kier molecular flexibility index (Phi) is 3.57. The Bertz CT molecular complexity index is 657. The van der Waals surface area contributed by atoms with Crippen LogP contribution in [0, 0.1) is 10.1 Å². The van der Waals surface area contributed by atoms with E-state index in [-0.39, 0.29) is 12.2 Å². The molecular weight excluding hydrogens is 280 g/mol. The molecule has 9 nitrogen and oxygen atoms in total. The standard InChI is InChI=1S/C12H12N4O5/c1-13-8-4-3-7(5-9(8)16(20)21)6-15-11(18)10(17)14(2)12(15)19/h3-5,13H,6H2,1-2H3. The first kappa shape index (κ1) is 14.4. The Balaban J connectivity index is 2.30. The van der Waals surface area contributed by atoms with Gasteiger partial charge in [-0.15, -0.1) is 0 Å². The van der Waals surface area contributed by atoms with Gasteiger partial charge >= 0.3 is 17.8 Å². The number of amides is 4. The normalized spacial score (nSPS) is 14.9. The molecular formula is C12H12N4O5. The summed E-state index contributed by atoms with van der Waals surface area (Å²) in [5.41, 5.74) is 0.523. The maximum Gasteiger partial charge on any atom is 0.334 e. The number of benzene rings is 1. The van der Waals surface area contributed by atoms with Gasteiger partial charge < -0.3 is 5.32 Å². The Morgan fingerprint density at radius 1 is 1.24 bits per heavy atom. The molecule has 1 N–H and O–H groups in total. The van der Waals surface area contributed by atoms with Gasteiger partial charge in [0.1, 0.15) is 5.69 Å². The fourth-order valence-corrected chi connectivity index (χ4v) is 1.97. The van der Waals surface area contributed by atoms with Crippen molar-refractivity contribution >= 4 is 29.2 Å². The zero-order chi connectivity index (χ0) is 15.7. The van der Waals surface area contributed by atoms with Crippen LogP contribution in [0.3, 0.4) is 0 Å². The zero-order valence-corrected chi connectivity index (χ0v) is 11.3.